The van der Waals surface area contributed by atoms with Gasteiger partial charge in [-0.05, 0) is 30.3 Å². The molecule has 1 aliphatic rings. The topological polar surface area (TPSA) is 67.9 Å². The van der Waals surface area contributed by atoms with E-state index in [1.807, 2.05) is 0 Å². The summed E-state index contributed by atoms with van der Waals surface area (Å²) in [6.07, 6.45) is -0.0233. The molecule has 1 N–H and O–H groups in total. The largest absolute Gasteiger partial charge is 0.497 e. The first-order valence-electron chi connectivity index (χ1n) is 7.64. The molecule has 2 aromatic rings. The molecule has 25 heavy (non-hydrogen) atoms. The number of rotatable bonds is 5. The molecule has 1 fully saturated rings. The lowest BCUT2D eigenvalue weighted by molar-refractivity contribution is -0.121. The lowest BCUT2D eigenvalue weighted by Crippen LogP contribution is -2.34. The number of methoxy groups -OCH3 is 2. The lowest BCUT2D eigenvalue weighted by atomic mass is 10.2. The van der Waals surface area contributed by atoms with E-state index < -0.39 is 17.8 Å². The maximum absolute atomic E-state index is 13.4. The van der Waals surface area contributed by atoms with Crippen molar-refractivity contribution in [1.82, 2.24) is 0 Å². The average molecular weight is 344 g/mol. The number of benzene rings is 2. The van der Waals surface area contributed by atoms with E-state index in [1.54, 1.807) is 18.2 Å². The molecule has 0 spiro atoms. The number of carbonyl (C=O) groups is 2. The monoisotopic (exact) mass is 344 g/mol. The van der Waals surface area contributed by atoms with Crippen molar-refractivity contribution < 1.29 is 23.5 Å². The molecule has 2 aromatic carbocycles. The summed E-state index contributed by atoms with van der Waals surface area (Å²) >= 11 is 0. The zero-order valence-corrected chi connectivity index (χ0v) is 13.8. The van der Waals surface area contributed by atoms with Gasteiger partial charge in [-0.15, -0.1) is 0 Å². The predicted molar refractivity (Wildman–Crippen MR) is 90.5 cm³/mol. The second-order valence-corrected chi connectivity index (χ2v) is 5.51. The Kier molecular flexibility index (Phi) is 4.56. The van der Waals surface area contributed by atoms with E-state index in [2.05, 4.69) is 5.32 Å². The molecule has 1 saturated heterocycles. The van der Waals surface area contributed by atoms with Gasteiger partial charge in [-0.25, -0.2) is 9.29 Å². The molecule has 1 aliphatic heterocycles. The third-order valence-corrected chi connectivity index (χ3v) is 3.95. The molecule has 1 atom stereocenters. The van der Waals surface area contributed by atoms with Crippen LogP contribution in [0.2, 0.25) is 0 Å². The van der Waals surface area contributed by atoms with Crippen molar-refractivity contribution in [2.75, 3.05) is 24.4 Å². The fourth-order valence-corrected chi connectivity index (χ4v) is 2.74. The maximum atomic E-state index is 13.4. The molecule has 0 bridgehead atoms. The molecular weight excluding hydrogens is 327 g/mol. The molecule has 3 rings (SSSR count). The van der Waals surface area contributed by atoms with Crippen LogP contribution in [0.1, 0.15) is 6.42 Å². The Bertz CT molecular complexity index is 824. The highest BCUT2D eigenvalue weighted by Crippen LogP contribution is 2.32. The Morgan fingerprint density at radius 3 is 2.60 bits per heavy atom. The number of nitrogens with zero attached hydrogens (tertiary/aromatic N) is 1. The summed E-state index contributed by atoms with van der Waals surface area (Å²) in [4.78, 5) is 25.8. The van der Waals surface area contributed by atoms with Crippen LogP contribution in [0.3, 0.4) is 0 Å². The molecule has 0 saturated carbocycles. The normalized spacial score (nSPS) is 16.9. The van der Waals surface area contributed by atoms with Crippen molar-refractivity contribution in [3.63, 3.8) is 0 Å². The first-order chi connectivity index (χ1) is 12.0. The Hall–Kier alpha value is -3.09. The molecule has 1 heterocycles. The van der Waals surface area contributed by atoms with Crippen LogP contribution in [-0.2, 0) is 9.59 Å². The van der Waals surface area contributed by atoms with Crippen molar-refractivity contribution in [3.05, 3.63) is 48.3 Å². The van der Waals surface area contributed by atoms with Crippen LogP contribution in [0.15, 0.2) is 42.5 Å². The highest BCUT2D eigenvalue weighted by Gasteiger charge is 2.40. The van der Waals surface area contributed by atoms with E-state index in [4.69, 9.17) is 9.47 Å². The second-order valence-electron chi connectivity index (χ2n) is 5.51. The molecule has 6 nitrogen and oxygen atoms in total. The van der Waals surface area contributed by atoms with E-state index in [9.17, 15) is 14.0 Å². The standard InChI is InChI=1S/C18H17FN2O4/c1-24-13-6-7-14(16(9-13)25-2)20-15-10-17(22)21(18(15)23)12-5-3-4-11(19)8-12/h3-9,15,20H,10H2,1-2H3/t15-/m1/s1. The fraction of sp³-hybridized carbons (Fsp3) is 0.222. The van der Waals surface area contributed by atoms with Crippen LogP contribution >= 0.6 is 0 Å². The van der Waals surface area contributed by atoms with Crippen LogP contribution in [0.5, 0.6) is 11.5 Å². The summed E-state index contributed by atoms with van der Waals surface area (Å²) in [5.74, 6) is -0.234. The lowest BCUT2D eigenvalue weighted by Gasteiger charge is -2.17. The van der Waals surface area contributed by atoms with Gasteiger partial charge in [-0.3, -0.25) is 9.59 Å². The third kappa shape index (κ3) is 3.26. The van der Waals surface area contributed by atoms with Crippen LogP contribution in [-0.4, -0.2) is 32.1 Å². The van der Waals surface area contributed by atoms with Gasteiger partial charge in [0.15, 0.2) is 0 Å². The smallest absolute Gasteiger partial charge is 0.256 e. The first kappa shape index (κ1) is 16.8. The van der Waals surface area contributed by atoms with Crippen LogP contribution in [0, 0.1) is 5.82 Å². The maximum Gasteiger partial charge on any atom is 0.256 e. The quantitative estimate of drug-likeness (QED) is 0.845. The molecule has 2 amide bonds. The van der Waals surface area contributed by atoms with Gasteiger partial charge in [0.2, 0.25) is 5.91 Å². The number of anilines is 2. The summed E-state index contributed by atoms with van der Waals surface area (Å²) in [5, 5.41) is 3.02. The highest BCUT2D eigenvalue weighted by atomic mass is 19.1. The van der Waals surface area contributed by atoms with Crippen LogP contribution < -0.4 is 19.7 Å². The van der Waals surface area contributed by atoms with Gasteiger partial charge in [-0.1, -0.05) is 6.07 Å². The minimum atomic E-state index is -0.752. The van der Waals surface area contributed by atoms with E-state index >= 15 is 0 Å². The zero-order chi connectivity index (χ0) is 18.0. The van der Waals surface area contributed by atoms with E-state index in [0.29, 0.717) is 17.2 Å². The average Bonchev–Trinajstić information content (AvgIpc) is 2.88. The van der Waals surface area contributed by atoms with Crippen LogP contribution in [0.4, 0.5) is 15.8 Å². The number of ether oxygens (including phenoxy) is 2. The van der Waals surface area contributed by atoms with Crippen LogP contribution in [0.25, 0.3) is 0 Å². The van der Waals surface area contributed by atoms with Gasteiger partial charge in [-0.2, -0.15) is 0 Å². The summed E-state index contributed by atoms with van der Waals surface area (Å²) in [6, 6.07) is 9.75. The molecule has 0 radical (unpaired) electrons. The van der Waals surface area contributed by atoms with Crippen molar-refractivity contribution in [2.24, 2.45) is 0 Å². The summed E-state index contributed by atoms with van der Waals surface area (Å²) in [5.41, 5.74) is 0.788. The Morgan fingerprint density at radius 1 is 1.12 bits per heavy atom. The number of nitrogens with one attached hydrogen (secondary N) is 1. The van der Waals surface area contributed by atoms with Crippen molar-refractivity contribution in [2.45, 2.75) is 12.5 Å². The molecule has 7 heteroatoms. The van der Waals surface area contributed by atoms with Gasteiger partial charge in [0.25, 0.3) is 5.91 Å². The predicted octanol–water partition coefficient (Wildman–Crippen LogP) is 2.59. The van der Waals surface area contributed by atoms with Gasteiger partial charge >= 0.3 is 0 Å². The zero-order valence-electron chi connectivity index (χ0n) is 13.8. The minimum absolute atomic E-state index is 0.0233. The van der Waals surface area contributed by atoms with Gasteiger partial charge in [0.05, 0.1) is 32.0 Å². The van der Waals surface area contributed by atoms with E-state index in [-0.39, 0.29) is 18.0 Å². The summed E-state index contributed by atoms with van der Waals surface area (Å²) in [7, 11) is 3.04. The number of carbonyl (C=O) groups excluding carboxylic acids is 2. The van der Waals surface area contributed by atoms with Gasteiger partial charge in [0.1, 0.15) is 23.4 Å². The molecule has 0 aromatic heterocycles. The first-order valence-corrected chi connectivity index (χ1v) is 7.64. The van der Waals surface area contributed by atoms with Crippen molar-refractivity contribution in [1.29, 1.82) is 0 Å². The summed E-state index contributed by atoms with van der Waals surface area (Å²) < 4.78 is 23.8. The van der Waals surface area contributed by atoms with Crippen molar-refractivity contribution in [3.8, 4) is 11.5 Å². The van der Waals surface area contributed by atoms with Crippen molar-refractivity contribution >= 4 is 23.2 Å². The summed E-state index contributed by atoms with van der Waals surface area (Å²) in [6.45, 7) is 0. The van der Waals surface area contributed by atoms with Gasteiger partial charge in [0, 0.05) is 6.07 Å². The number of amides is 2. The van der Waals surface area contributed by atoms with E-state index in [1.165, 1.54) is 32.4 Å². The Labute approximate surface area is 144 Å². The minimum Gasteiger partial charge on any atom is -0.497 e. The SMILES string of the molecule is COc1ccc(N[C@@H]2CC(=O)N(c3cccc(F)c3)C2=O)c(OC)c1. The Morgan fingerprint density at radius 2 is 1.92 bits per heavy atom. The number of hydrogen-bond donors (Lipinski definition) is 1. The van der Waals surface area contributed by atoms with Gasteiger partial charge < -0.3 is 14.8 Å². The number of halogens is 1. The third-order valence-electron chi connectivity index (χ3n) is 3.95. The number of imide groups is 1. The molecule has 0 aliphatic carbocycles. The number of hydrogen-bond acceptors (Lipinski definition) is 5. The molecular formula is C18H17FN2O4. The second kappa shape index (κ2) is 6.80. The Balaban J connectivity index is 1.83. The molecule has 0 unspecified atom stereocenters. The van der Waals surface area contributed by atoms with E-state index in [0.717, 1.165) is 11.0 Å². The highest BCUT2D eigenvalue weighted by molar-refractivity contribution is 6.23. The molecule has 130 valence electrons. The fourth-order valence-electron chi connectivity index (χ4n) is 2.74.